The SMILES string of the molecule is CCN(CCCN(C)C)c1c(F)c(F)nc(F)c1F. The van der Waals surface area contributed by atoms with Crippen LogP contribution in [0.5, 0.6) is 0 Å². The molecule has 0 spiro atoms. The Morgan fingerprint density at radius 1 is 0.947 bits per heavy atom. The van der Waals surface area contributed by atoms with E-state index < -0.39 is 29.2 Å². The van der Waals surface area contributed by atoms with Crippen molar-refractivity contribution in [3.8, 4) is 0 Å². The van der Waals surface area contributed by atoms with Gasteiger partial charge in [-0.2, -0.15) is 22.5 Å². The number of hydrogen-bond acceptors (Lipinski definition) is 3. The molecule has 0 radical (unpaired) electrons. The molecular formula is C12H17F4N3. The van der Waals surface area contributed by atoms with Crippen molar-refractivity contribution in [2.75, 3.05) is 38.6 Å². The van der Waals surface area contributed by atoms with E-state index in [1.54, 1.807) is 6.92 Å². The lowest BCUT2D eigenvalue weighted by Gasteiger charge is -2.24. The van der Waals surface area contributed by atoms with Crippen molar-refractivity contribution in [3.05, 3.63) is 23.5 Å². The van der Waals surface area contributed by atoms with Gasteiger partial charge in [-0.05, 0) is 34.0 Å². The summed E-state index contributed by atoms with van der Waals surface area (Å²) in [7, 11) is 3.73. The van der Waals surface area contributed by atoms with Gasteiger partial charge in [-0.1, -0.05) is 0 Å². The highest BCUT2D eigenvalue weighted by atomic mass is 19.2. The first-order valence-corrected chi connectivity index (χ1v) is 5.98. The minimum atomic E-state index is -1.63. The van der Waals surface area contributed by atoms with Crippen LogP contribution in [0.1, 0.15) is 13.3 Å². The van der Waals surface area contributed by atoms with Crippen LogP contribution < -0.4 is 4.90 Å². The van der Waals surface area contributed by atoms with Crippen LogP contribution >= 0.6 is 0 Å². The van der Waals surface area contributed by atoms with Gasteiger partial charge >= 0.3 is 0 Å². The van der Waals surface area contributed by atoms with Crippen LogP contribution in [-0.4, -0.2) is 43.6 Å². The molecule has 0 saturated carbocycles. The van der Waals surface area contributed by atoms with Crippen molar-refractivity contribution in [3.63, 3.8) is 0 Å². The Morgan fingerprint density at radius 2 is 1.47 bits per heavy atom. The Hall–Kier alpha value is -1.37. The minimum absolute atomic E-state index is 0.240. The van der Waals surface area contributed by atoms with E-state index in [9.17, 15) is 17.6 Å². The zero-order chi connectivity index (χ0) is 14.6. The maximum Gasteiger partial charge on any atom is 0.253 e. The largest absolute Gasteiger partial charge is 0.367 e. The van der Waals surface area contributed by atoms with E-state index in [1.165, 1.54) is 4.90 Å². The second-order valence-electron chi connectivity index (χ2n) is 4.41. The van der Waals surface area contributed by atoms with Gasteiger partial charge in [0.15, 0.2) is 0 Å². The van der Waals surface area contributed by atoms with Crippen LogP contribution in [0.2, 0.25) is 0 Å². The predicted octanol–water partition coefficient (Wildman–Crippen LogP) is 2.42. The van der Waals surface area contributed by atoms with Gasteiger partial charge in [0, 0.05) is 13.1 Å². The van der Waals surface area contributed by atoms with Crippen molar-refractivity contribution in [2.45, 2.75) is 13.3 Å². The summed E-state index contributed by atoms with van der Waals surface area (Å²) in [6.07, 6.45) is 0.616. The lowest BCUT2D eigenvalue weighted by molar-refractivity contribution is 0.392. The van der Waals surface area contributed by atoms with E-state index in [4.69, 9.17) is 0 Å². The third-order valence-corrected chi connectivity index (χ3v) is 2.71. The summed E-state index contributed by atoms with van der Waals surface area (Å²) in [5.41, 5.74) is -0.689. The van der Waals surface area contributed by atoms with Crippen molar-refractivity contribution in [2.24, 2.45) is 0 Å². The molecule has 0 aliphatic rings. The van der Waals surface area contributed by atoms with Gasteiger partial charge in [0.2, 0.25) is 11.6 Å². The van der Waals surface area contributed by atoms with Crippen LogP contribution in [-0.2, 0) is 0 Å². The minimum Gasteiger partial charge on any atom is -0.367 e. The second kappa shape index (κ2) is 6.70. The summed E-state index contributed by atoms with van der Waals surface area (Å²) < 4.78 is 53.2. The molecule has 0 bridgehead atoms. The average molecular weight is 279 g/mol. The number of anilines is 1. The topological polar surface area (TPSA) is 19.4 Å². The molecule has 1 aromatic heterocycles. The first-order valence-electron chi connectivity index (χ1n) is 5.98. The lowest BCUT2D eigenvalue weighted by atomic mass is 10.2. The van der Waals surface area contributed by atoms with Gasteiger partial charge in [-0.3, -0.25) is 0 Å². The monoisotopic (exact) mass is 279 g/mol. The van der Waals surface area contributed by atoms with Crippen LogP contribution in [0.3, 0.4) is 0 Å². The summed E-state index contributed by atoms with van der Waals surface area (Å²) in [4.78, 5) is 5.72. The van der Waals surface area contributed by atoms with Gasteiger partial charge in [-0.25, -0.2) is 0 Å². The second-order valence-corrected chi connectivity index (χ2v) is 4.41. The zero-order valence-corrected chi connectivity index (χ0v) is 11.2. The molecule has 0 unspecified atom stereocenters. The zero-order valence-electron chi connectivity index (χ0n) is 11.2. The molecule has 0 aromatic carbocycles. The van der Waals surface area contributed by atoms with Gasteiger partial charge in [-0.15, -0.1) is 0 Å². The standard InChI is InChI=1S/C12H17F4N3/c1-4-19(7-5-6-18(2)3)10-8(13)11(15)17-12(16)9(10)14/h4-7H2,1-3H3. The molecule has 0 atom stereocenters. The number of aromatic nitrogens is 1. The molecule has 1 heterocycles. The highest BCUT2D eigenvalue weighted by Crippen LogP contribution is 2.26. The fourth-order valence-electron chi connectivity index (χ4n) is 1.76. The van der Waals surface area contributed by atoms with Crippen molar-refractivity contribution in [1.29, 1.82) is 0 Å². The third-order valence-electron chi connectivity index (χ3n) is 2.71. The third kappa shape index (κ3) is 3.79. The van der Waals surface area contributed by atoms with Gasteiger partial charge in [0.05, 0.1) is 0 Å². The smallest absolute Gasteiger partial charge is 0.253 e. The van der Waals surface area contributed by atoms with Gasteiger partial charge in [0.25, 0.3) is 11.9 Å². The molecule has 0 amide bonds. The molecule has 0 N–H and O–H groups in total. The van der Waals surface area contributed by atoms with E-state index in [0.29, 0.717) is 19.5 Å². The highest BCUT2D eigenvalue weighted by Gasteiger charge is 2.24. The predicted molar refractivity (Wildman–Crippen MR) is 65.1 cm³/mol. The van der Waals surface area contributed by atoms with E-state index in [2.05, 4.69) is 4.98 Å². The fraction of sp³-hybridized carbons (Fsp3) is 0.583. The lowest BCUT2D eigenvalue weighted by Crippen LogP contribution is -2.29. The molecule has 0 aliphatic carbocycles. The molecule has 19 heavy (non-hydrogen) atoms. The molecule has 1 rings (SSSR count). The van der Waals surface area contributed by atoms with Crippen molar-refractivity contribution in [1.82, 2.24) is 9.88 Å². The number of hydrogen-bond donors (Lipinski definition) is 0. The molecule has 0 fully saturated rings. The molecular weight excluding hydrogens is 262 g/mol. The number of rotatable bonds is 6. The maximum absolute atomic E-state index is 13.6. The fourth-order valence-corrected chi connectivity index (χ4v) is 1.76. The summed E-state index contributed by atoms with van der Waals surface area (Å²) >= 11 is 0. The van der Waals surface area contributed by atoms with Crippen LogP contribution in [0.15, 0.2) is 0 Å². The van der Waals surface area contributed by atoms with E-state index in [1.807, 2.05) is 19.0 Å². The average Bonchev–Trinajstić information content (AvgIpc) is 2.34. The molecule has 7 heteroatoms. The van der Waals surface area contributed by atoms with Crippen LogP contribution in [0, 0.1) is 23.5 Å². The van der Waals surface area contributed by atoms with Gasteiger partial charge in [0.1, 0.15) is 5.69 Å². The molecule has 1 aromatic rings. The van der Waals surface area contributed by atoms with E-state index in [-0.39, 0.29) is 6.54 Å². The number of halogens is 4. The van der Waals surface area contributed by atoms with E-state index in [0.717, 1.165) is 0 Å². The summed E-state index contributed by atoms with van der Waals surface area (Å²) in [6, 6.07) is 0. The maximum atomic E-state index is 13.6. The number of pyridine rings is 1. The summed E-state index contributed by atoms with van der Waals surface area (Å²) in [6.45, 7) is 2.90. The first-order chi connectivity index (χ1) is 8.88. The van der Waals surface area contributed by atoms with E-state index >= 15 is 0 Å². The first kappa shape index (κ1) is 15.7. The Morgan fingerprint density at radius 3 is 1.89 bits per heavy atom. The molecule has 108 valence electrons. The van der Waals surface area contributed by atoms with Crippen molar-refractivity contribution < 1.29 is 17.6 Å². The molecule has 0 aliphatic heterocycles. The molecule has 3 nitrogen and oxygen atoms in total. The van der Waals surface area contributed by atoms with Crippen LogP contribution in [0.25, 0.3) is 0 Å². The Balaban J connectivity index is 2.98. The Labute approximate surface area is 109 Å². The van der Waals surface area contributed by atoms with Crippen LogP contribution in [0.4, 0.5) is 23.2 Å². The normalized spacial score (nSPS) is 11.2. The summed E-state index contributed by atoms with van der Waals surface area (Å²) in [5, 5.41) is 0. The number of nitrogens with zero attached hydrogens (tertiary/aromatic N) is 3. The summed E-state index contributed by atoms with van der Waals surface area (Å²) in [5.74, 6) is -6.16. The molecule has 0 saturated heterocycles. The highest BCUT2D eigenvalue weighted by molar-refractivity contribution is 5.48. The van der Waals surface area contributed by atoms with Crippen molar-refractivity contribution >= 4 is 5.69 Å². The Kier molecular flexibility index (Phi) is 5.53. The Bertz CT molecular complexity index is 411. The quantitative estimate of drug-likeness (QED) is 0.589. The van der Waals surface area contributed by atoms with Gasteiger partial charge < -0.3 is 9.80 Å².